The Morgan fingerprint density at radius 1 is 1.46 bits per heavy atom. The van der Waals surface area contributed by atoms with Crippen LogP contribution in [0.1, 0.15) is 27.4 Å². The van der Waals surface area contributed by atoms with Crippen LogP contribution in [0.4, 0.5) is 11.9 Å². The lowest BCUT2D eigenvalue weighted by molar-refractivity contribution is 0.958. The van der Waals surface area contributed by atoms with E-state index in [-0.39, 0.29) is 0 Å². The molecule has 1 rings (SSSR count). The van der Waals surface area contributed by atoms with E-state index in [2.05, 4.69) is 9.97 Å². The molecule has 0 fully saturated rings. The molecule has 6 nitrogen and oxygen atoms in total. The smallest absolute Gasteiger partial charge is 0.350 e. The van der Waals surface area contributed by atoms with E-state index < -0.39 is 44.3 Å². The van der Waals surface area contributed by atoms with Crippen molar-refractivity contribution < 1.29 is 13.7 Å². The Morgan fingerprint density at radius 2 is 2.23 bits per heavy atom. The molecule has 0 bridgehead atoms. The van der Waals surface area contributed by atoms with E-state index in [1.54, 1.807) is 5.32 Å². The number of H-pyrrole nitrogens is 1. The Morgan fingerprint density at radius 3 is 3.00 bits per heavy atom. The molecule has 1 aromatic heterocycles. The first-order valence-electron chi connectivity index (χ1n) is 8.10. The summed E-state index contributed by atoms with van der Waals surface area (Å²) >= 11 is 0. The highest BCUT2D eigenvalue weighted by atomic mass is 16.1. The van der Waals surface area contributed by atoms with E-state index in [0.29, 0.717) is 0 Å². The molecular formula is C7H13N5O. The molecule has 0 aromatic carbocycles. The number of nitrogens with one attached hydrogen (secondary N) is 3. The zero-order chi connectivity index (χ0) is 18.3. The van der Waals surface area contributed by atoms with Gasteiger partial charge in [-0.25, -0.2) is 4.79 Å². The van der Waals surface area contributed by atoms with Gasteiger partial charge in [0.1, 0.15) is 0 Å². The monoisotopic (exact) mass is 193 g/mol. The molecule has 1 aromatic rings. The molecule has 0 amide bonds. The molecule has 0 saturated carbocycles. The van der Waals surface area contributed by atoms with Crippen molar-refractivity contribution in [3.05, 3.63) is 10.5 Å². The van der Waals surface area contributed by atoms with Gasteiger partial charge in [-0.3, -0.25) is 4.98 Å². The highest BCUT2D eigenvalue weighted by Gasteiger charge is 1.99. The summed E-state index contributed by atoms with van der Waals surface area (Å²) in [4.78, 5) is 19.9. The van der Waals surface area contributed by atoms with Crippen LogP contribution >= 0.6 is 0 Å². The number of anilines is 2. The van der Waals surface area contributed by atoms with Crippen LogP contribution in [0.5, 0.6) is 0 Å². The van der Waals surface area contributed by atoms with Gasteiger partial charge in [0, 0.05) is 26.7 Å². The summed E-state index contributed by atoms with van der Waals surface area (Å²) < 4.78 is 71.6. The summed E-state index contributed by atoms with van der Waals surface area (Å²) in [5.41, 5.74) is -1.12. The summed E-state index contributed by atoms with van der Waals surface area (Å²) in [5, 5.41) is 3.61. The van der Waals surface area contributed by atoms with Crippen LogP contribution in [0.25, 0.3) is 0 Å². The molecule has 1 heterocycles. The topological polar surface area (TPSA) is 82.7 Å². The second-order valence-electron chi connectivity index (χ2n) is 1.83. The predicted molar refractivity (Wildman–Crippen MR) is 51.0 cm³/mol. The van der Waals surface area contributed by atoms with E-state index in [1.165, 1.54) is 0 Å². The summed E-state index contributed by atoms with van der Waals surface area (Å²) in [6.07, 6.45) is 0. The quantitative estimate of drug-likeness (QED) is 0.628. The maximum atomic E-state index is 11.4. The summed E-state index contributed by atoms with van der Waals surface area (Å²) in [6.45, 7) is -12.1. The average molecular weight is 193 g/mol. The second-order valence-corrected chi connectivity index (χ2v) is 1.83. The van der Waals surface area contributed by atoms with E-state index in [4.69, 9.17) is 13.7 Å². The molecule has 0 aliphatic heterocycles. The number of nitrogens with zero attached hydrogens (tertiary/aromatic N) is 2. The number of hydrogen-bond donors (Lipinski definition) is 3. The number of hydrogen-bond acceptors (Lipinski definition) is 5. The molecule has 0 atom stereocenters. The molecule has 0 radical (unpaired) electrons. The third kappa shape index (κ3) is 2.73. The van der Waals surface area contributed by atoms with E-state index in [0.717, 1.165) is 0 Å². The van der Waals surface area contributed by atoms with Gasteiger partial charge in [0.05, 0.1) is 0 Å². The van der Waals surface area contributed by atoms with Gasteiger partial charge in [0.2, 0.25) is 11.9 Å². The van der Waals surface area contributed by atoms with Gasteiger partial charge in [-0.15, -0.1) is 0 Å². The number of rotatable bonds is 4. The van der Waals surface area contributed by atoms with Gasteiger partial charge in [0.15, 0.2) is 0 Å². The third-order valence-corrected chi connectivity index (χ3v) is 1.01. The van der Waals surface area contributed by atoms with Crippen molar-refractivity contribution in [2.45, 2.75) is 13.7 Å². The molecule has 0 aliphatic rings. The Kier molecular flexibility index (Phi) is 0.921. The van der Waals surface area contributed by atoms with Crippen LogP contribution in [0.3, 0.4) is 0 Å². The van der Waals surface area contributed by atoms with Gasteiger partial charge >= 0.3 is 5.69 Å². The molecule has 0 aliphatic carbocycles. The minimum absolute atomic E-state index is 0.657. The van der Waals surface area contributed by atoms with Gasteiger partial charge < -0.3 is 10.6 Å². The third-order valence-electron chi connectivity index (χ3n) is 1.01. The van der Waals surface area contributed by atoms with E-state index >= 15 is 0 Å². The first kappa shape index (κ1) is 2.70. The highest BCUT2D eigenvalue weighted by molar-refractivity contribution is 5.32. The van der Waals surface area contributed by atoms with Crippen molar-refractivity contribution in [1.29, 1.82) is 0 Å². The summed E-state index contributed by atoms with van der Waals surface area (Å²) in [5.74, 6) is -1.41. The van der Waals surface area contributed by atoms with Gasteiger partial charge in [-0.2, -0.15) is 9.97 Å². The van der Waals surface area contributed by atoms with E-state index in [1.807, 2.05) is 10.3 Å². The Labute approximate surface area is 89.9 Å². The average Bonchev–Trinajstić information content (AvgIpc) is 2.22. The van der Waals surface area contributed by atoms with Crippen LogP contribution in [0.2, 0.25) is 0 Å². The van der Waals surface area contributed by atoms with Crippen LogP contribution < -0.4 is 16.3 Å². The molecular weight excluding hydrogens is 170 g/mol. The fourth-order valence-electron chi connectivity index (χ4n) is 0.614. The van der Waals surface area contributed by atoms with Crippen molar-refractivity contribution >= 4 is 11.9 Å². The van der Waals surface area contributed by atoms with Gasteiger partial charge in [0.25, 0.3) is 0 Å². The minimum Gasteiger partial charge on any atom is -0.356 e. The summed E-state index contributed by atoms with van der Waals surface area (Å²) in [7, 11) is 0. The Bertz CT molecular complexity index is 570. The zero-order valence-electron chi connectivity index (χ0n) is 16.3. The lowest BCUT2D eigenvalue weighted by Gasteiger charge is -2.03. The largest absolute Gasteiger partial charge is 0.356 e. The number of aromatic amines is 1. The van der Waals surface area contributed by atoms with Crippen molar-refractivity contribution in [3.63, 3.8) is 0 Å². The van der Waals surface area contributed by atoms with Crippen LogP contribution in [-0.4, -0.2) is 27.9 Å². The first-order valence-corrected chi connectivity index (χ1v) is 3.10. The molecule has 0 unspecified atom stereocenters. The van der Waals surface area contributed by atoms with Gasteiger partial charge in [-0.1, -0.05) is 0 Å². The molecule has 6 heteroatoms. The normalized spacial score (nSPS) is 25.2. The Balaban J connectivity index is 3.13. The van der Waals surface area contributed by atoms with Crippen molar-refractivity contribution in [3.8, 4) is 0 Å². The highest BCUT2D eigenvalue weighted by Crippen LogP contribution is 1.97. The maximum absolute atomic E-state index is 11.4. The zero-order valence-corrected chi connectivity index (χ0v) is 6.30. The van der Waals surface area contributed by atoms with E-state index in [9.17, 15) is 4.79 Å². The SMILES string of the molecule is [2H]C([2H])([2H])C([2H])([2H])Nc1nc(NC([2H])([2H])C([2H])([2H])[2H])[nH]c(=O)n1. The first-order chi connectivity index (χ1) is 10.1. The van der Waals surface area contributed by atoms with Gasteiger partial charge in [-0.05, 0) is 13.7 Å². The second kappa shape index (κ2) is 4.44. The van der Waals surface area contributed by atoms with Crippen molar-refractivity contribution in [1.82, 2.24) is 15.0 Å². The van der Waals surface area contributed by atoms with Crippen LogP contribution in [0.15, 0.2) is 4.79 Å². The molecule has 0 spiro atoms. The molecule has 13 heavy (non-hydrogen) atoms. The summed E-state index contributed by atoms with van der Waals surface area (Å²) in [6, 6.07) is 0. The molecule has 3 N–H and O–H groups in total. The molecule has 0 saturated heterocycles. The lowest BCUT2D eigenvalue weighted by atomic mass is 10.7. The minimum atomic E-state index is -3.10. The van der Waals surface area contributed by atoms with Crippen molar-refractivity contribution in [2.24, 2.45) is 0 Å². The standard InChI is InChI=1S/C7H13N5O/c1-3-8-5-10-6(9-4-2)12-7(13)11-5/h3-4H2,1-2H3,(H3,8,9,10,11,12,13)/i1D3,2D3,3D2,4D2. The number of aromatic nitrogens is 3. The van der Waals surface area contributed by atoms with Crippen molar-refractivity contribution in [2.75, 3.05) is 23.6 Å². The van der Waals surface area contributed by atoms with Crippen LogP contribution in [0, 0.1) is 0 Å². The fraction of sp³-hybridized carbons (Fsp3) is 0.571. The Hall–Kier alpha value is -1.59. The predicted octanol–water partition coefficient (Wildman–Crippen LogP) is 0.0285. The lowest BCUT2D eigenvalue weighted by Crippen LogP contribution is -2.18. The fourth-order valence-corrected chi connectivity index (χ4v) is 0.614. The maximum Gasteiger partial charge on any atom is 0.350 e. The molecule has 72 valence electrons. The van der Waals surface area contributed by atoms with Crippen LogP contribution in [-0.2, 0) is 0 Å².